The molecule has 1 N–H and O–H groups in total. The van der Waals surface area contributed by atoms with E-state index < -0.39 is 0 Å². The Morgan fingerprint density at radius 2 is 2.11 bits per heavy atom. The summed E-state index contributed by atoms with van der Waals surface area (Å²) in [5.41, 5.74) is 2.86. The lowest BCUT2D eigenvalue weighted by molar-refractivity contribution is 0.203. The van der Waals surface area contributed by atoms with Crippen molar-refractivity contribution in [1.29, 1.82) is 0 Å². The predicted octanol–water partition coefficient (Wildman–Crippen LogP) is 2.50. The zero-order valence-electron chi connectivity index (χ0n) is 12.0. The number of hydrogen-bond donors (Lipinski definition) is 1. The molecule has 3 nitrogen and oxygen atoms in total. The van der Waals surface area contributed by atoms with Gasteiger partial charge < -0.3 is 5.32 Å². The molecule has 2 aliphatic rings. The normalized spacial score (nSPS) is 23.6. The summed E-state index contributed by atoms with van der Waals surface area (Å²) in [5, 5.41) is 3.82. The first-order valence-corrected chi connectivity index (χ1v) is 7.65. The Morgan fingerprint density at radius 3 is 2.84 bits per heavy atom. The number of rotatable bonds is 2. The number of aromatic nitrogens is 1. The van der Waals surface area contributed by atoms with Crippen LogP contribution in [0.25, 0.3) is 0 Å². The molecule has 0 unspecified atom stereocenters. The topological polar surface area (TPSA) is 28.2 Å². The van der Waals surface area contributed by atoms with E-state index in [9.17, 15) is 0 Å². The third-order valence-corrected chi connectivity index (χ3v) is 4.62. The molecule has 3 heteroatoms. The molecule has 0 bridgehead atoms. The highest BCUT2D eigenvalue weighted by molar-refractivity contribution is 5.13. The first-order chi connectivity index (χ1) is 9.26. The van der Waals surface area contributed by atoms with E-state index in [4.69, 9.17) is 0 Å². The number of pyridine rings is 1. The van der Waals surface area contributed by atoms with Gasteiger partial charge in [0.25, 0.3) is 0 Å². The number of nitrogens with one attached hydrogen (secondary N) is 1. The molecular formula is C16H25N3. The molecule has 1 aliphatic heterocycles. The van der Waals surface area contributed by atoms with Crippen molar-refractivity contribution in [2.75, 3.05) is 19.6 Å². The molecule has 0 atom stereocenters. The average molecular weight is 259 g/mol. The molecule has 1 aromatic heterocycles. The highest BCUT2D eigenvalue weighted by Crippen LogP contribution is 2.32. The van der Waals surface area contributed by atoms with Crippen LogP contribution in [0.1, 0.15) is 43.4 Å². The largest absolute Gasteiger partial charge is 0.310 e. The van der Waals surface area contributed by atoms with Crippen LogP contribution in [0.2, 0.25) is 0 Å². The van der Waals surface area contributed by atoms with Crippen LogP contribution in [-0.4, -0.2) is 35.1 Å². The molecule has 0 aromatic carbocycles. The highest BCUT2D eigenvalue weighted by atomic mass is 15.2. The molecule has 1 saturated heterocycles. The van der Waals surface area contributed by atoms with E-state index in [-0.39, 0.29) is 0 Å². The van der Waals surface area contributed by atoms with E-state index in [0.29, 0.717) is 5.54 Å². The van der Waals surface area contributed by atoms with Gasteiger partial charge in [-0.15, -0.1) is 0 Å². The highest BCUT2D eigenvalue weighted by Gasteiger charge is 2.36. The van der Waals surface area contributed by atoms with E-state index >= 15 is 0 Å². The molecule has 2 fully saturated rings. The Bertz CT molecular complexity index is 407. The summed E-state index contributed by atoms with van der Waals surface area (Å²) < 4.78 is 0. The molecule has 104 valence electrons. The Hall–Kier alpha value is -0.930. The van der Waals surface area contributed by atoms with Crippen molar-refractivity contribution < 1.29 is 0 Å². The van der Waals surface area contributed by atoms with Crippen molar-refractivity contribution in [3.05, 3.63) is 29.6 Å². The second kappa shape index (κ2) is 5.59. The third-order valence-electron chi connectivity index (χ3n) is 4.62. The van der Waals surface area contributed by atoms with Gasteiger partial charge in [0.2, 0.25) is 0 Å². The van der Waals surface area contributed by atoms with E-state index in [1.165, 1.54) is 57.3 Å². The minimum absolute atomic E-state index is 0.411. The quantitative estimate of drug-likeness (QED) is 0.884. The molecule has 1 aliphatic carbocycles. The second-order valence-electron chi connectivity index (χ2n) is 6.29. The van der Waals surface area contributed by atoms with E-state index in [2.05, 4.69) is 27.3 Å². The smallest absolute Gasteiger partial charge is 0.0372 e. The lowest BCUT2D eigenvalue weighted by Crippen LogP contribution is -2.49. The van der Waals surface area contributed by atoms with Crippen LogP contribution in [-0.2, 0) is 6.54 Å². The summed E-state index contributed by atoms with van der Waals surface area (Å²) >= 11 is 0. The molecule has 1 saturated carbocycles. The molecular weight excluding hydrogens is 234 g/mol. The maximum atomic E-state index is 4.41. The Morgan fingerprint density at radius 1 is 1.26 bits per heavy atom. The SMILES string of the molecule is Cc1ccc(CN2CCCNC3(CCCC3)C2)cn1. The zero-order valence-corrected chi connectivity index (χ0v) is 12.0. The monoisotopic (exact) mass is 259 g/mol. The number of hydrogen-bond acceptors (Lipinski definition) is 3. The first-order valence-electron chi connectivity index (χ1n) is 7.65. The van der Waals surface area contributed by atoms with Gasteiger partial charge in [-0.1, -0.05) is 18.9 Å². The van der Waals surface area contributed by atoms with Crippen LogP contribution >= 0.6 is 0 Å². The summed E-state index contributed by atoms with van der Waals surface area (Å²) in [6.45, 7) is 6.70. The molecule has 0 radical (unpaired) electrons. The maximum absolute atomic E-state index is 4.41. The van der Waals surface area contributed by atoms with E-state index in [1.54, 1.807) is 0 Å². The molecule has 19 heavy (non-hydrogen) atoms. The minimum atomic E-state index is 0.411. The molecule has 2 heterocycles. The fourth-order valence-electron chi connectivity index (χ4n) is 3.59. The van der Waals surface area contributed by atoms with E-state index in [1.807, 2.05) is 13.1 Å². The molecule has 1 spiro atoms. The number of nitrogens with zero attached hydrogens (tertiary/aromatic N) is 2. The van der Waals surface area contributed by atoms with Gasteiger partial charge in [0.05, 0.1) is 0 Å². The van der Waals surface area contributed by atoms with Crippen molar-refractivity contribution in [3.63, 3.8) is 0 Å². The lowest BCUT2D eigenvalue weighted by Gasteiger charge is -2.33. The first kappa shape index (κ1) is 13.1. The van der Waals surface area contributed by atoms with Crippen molar-refractivity contribution in [2.45, 2.75) is 51.1 Å². The Labute approximate surface area is 116 Å². The van der Waals surface area contributed by atoms with Gasteiger partial charge in [0.1, 0.15) is 0 Å². The summed E-state index contributed by atoms with van der Waals surface area (Å²) in [6.07, 6.45) is 8.81. The van der Waals surface area contributed by atoms with Gasteiger partial charge >= 0.3 is 0 Å². The fraction of sp³-hybridized carbons (Fsp3) is 0.688. The van der Waals surface area contributed by atoms with E-state index in [0.717, 1.165) is 12.2 Å². The van der Waals surface area contributed by atoms with Crippen LogP contribution in [0.15, 0.2) is 18.3 Å². The van der Waals surface area contributed by atoms with Crippen molar-refractivity contribution in [1.82, 2.24) is 15.2 Å². The van der Waals surface area contributed by atoms with Gasteiger partial charge in [-0.2, -0.15) is 0 Å². The summed E-state index contributed by atoms with van der Waals surface area (Å²) in [4.78, 5) is 7.04. The van der Waals surface area contributed by atoms with Gasteiger partial charge in [-0.05, 0) is 50.9 Å². The zero-order chi connectivity index (χ0) is 13.1. The van der Waals surface area contributed by atoms with Crippen LogP contribution in [0, 0.1) is 6.92 Å². The molecule has 0 amide bonds. The third kappa shape index (κ3) is 3.15. The average Bonchev–Trinajstić information content (AvgIpc) is 2.76. The van der Waals surface area contributed by atoms with Gasteiger partial charge in [0, 0.05) is 30.5 Å². The van der Waals surface area contributed by atoms with Crippen LogP contribution in [0.4, 0.5) is 0 Å². The Kier molecular flexibility index (Phi) is 3.85. The van der Waals surface area contributed by atoms with Crippen LogP contribution < -0.4 is 5.32 Å². The van der Waals surface area contributed by atoms with Crippen molar-refractivity contribution >= 4 is 0 Å². The van der Waals surface area contributed by atoms with Crippen LogP contribution in [0.5, 0.6) is 0 Å². The van der Waals surface area contributed by atoms with Crippen molar-refractivity contribution in [2.24, 2.45) is 0 Å². The summed E-state index contributed by atoms with van der Waals surface area (Å²) in [5.74, 6) is 0. The second-order valence-corrected chi connectivity index (χ2v) is 6.29. The van der Waals surface area contributed by atoms with Crippen LogP contribution in [0.3, 0.4) is 0 Å². The predicted molar refractivity (Wildman–Crippen MR) is 78.1 cm³/mol. The summed E-state index contributed by atoms with van der Waals surface area (Å²) in [6, 6.07) is 4.35. The lowest BCUT2D eigenvalue weighted by atomic mass is 9.97. The number of aryl methyl sites for hydroxylation is 1. The van der Waals surface area contributed by atoms with Gasteiger partial charge in [-0.25, -0.2) is 0 Å². The Balaban J connectivity index is 1.67. The summed E-state index contributed by atoms with van der Waals surface area (Å²) in [7, 11) is 0. The van der Waals surface area contributed by atoms with Gasteiger partial charge in [0.15, 0.2) is 0 Å². The molecule has 1 aromatic rings. The standard InChI is InChI=1S/C16H25N3/c1-14-5-6-15(11-17-14)12-19-10-4-9-18-16(13-19)7-2-3-8-16/h5-6,11,18H,2-4,7-10,12-13H2,1H3. The fourth-order valence-corrected chi connectivity index (χ4v) is 3.59. The van der Waals surface area contributed by atoms with Gasteiger partial charge in [-0.3, -0.25) is 9.88 Å². The van der Waals surface area contributed by atoms with Crippen molar-refractivity contribution in [3.8, 4) is 0 Å². The maximum Gasteiger partial charge on any atom is 0.0372 e. The minimum Gasteiger partial charge on any atom is -0.310 e. The molecule has 3 rings (SSSR count).